The van der Waals surface area contributed by atoms with Gasteiger partial charge >= 0.3 is 6.18 Å². The summed E-state index contributed by atoms with van der Waals surface area (Å²) in [6, 6.07) is 4.65. The molecule has 0 N–H and O–H groups in total. The Balaban J connectivity index is 1.83. The molecular formula is C20H21F3N4OS. The van der Waals surface area contributed by atoms with Crippen LogP contribution in [0.1, 0.15) is 55.4 Å². The van der Waals surface area contributed by atoms with Crippen molar-refractivity contribution in [3.63, 3.8) is 0 Å². The number of hydrogen-bond acceptors (Lipinski definition) is 6. The lowest BCUT2D eigenvalue weighted by Crippen LogP contribution is -2.12. The minimum Gasteiger partial charge on any atom is -0.489 e. The van der Waals surface area contributed by atoms with Crippen LogP contribution in [0.25, 0.3) is 11.5 Å². The molecule has 0 aliphatic heterocycles. The number of rotatable bonds is 6. The summed E-state index contributed by atoms with van der Waals surface area (Å²) < 4.78 is 50.3. The molecule has 3 rings (SSSR count). The molecule has 0 aliphatic carbocycles. The van der Waals surface area contributed by atoms with Crippen molar-refractivity contribution >= 4 is 11.5 Å². The van der Waals surface area contributed by atoms with Crippen molar-refractivity contribution in [1.82, 2.24) is 19.3 Å². The van der Waals surface area contributed by atoms with Crippen LogP contribution in [0.3, 0.4) is 0 Å². The summed E-state index contributed by atoms with van der Waals surface area (Å²) in [5.41, 5.74) is 0.293. The molecular weight excluding hydrogens is 401 g/mol. The molecule has 0 saturated heterocycles. The van der Waals surface area contributed by atoms with E-state index in [0.29, 0.717) is 27.8 Å². The highest BCUT2D eigenvalue weighted by molar-refractivity contribution is 7.05. The zero-order chi connectivity index (χ0) is 21.2. The highest BCUT2D eigenvalue weighted by atomic mass is 32.1. The summed E-state index contributed by atoms with van der Waals surface area (Å²) in [6.07, 6.45) is -1.42. The summed E-state index contributed by atoms with van der Waals surface area (Å²) in [4.78, 5) is 12.7. The number of hydrogen-bond donors (Lipinski definition) is 0. The minimum atomic E-state index is -4.48. The first kappa shape index (κ1) is 21.2. The van der Waals surface area contributed by atoms with Crippen LogP contribution in [-0.2, 0) is 12.6 Å². The molecule has 0 saturated carbocycles. The van der Waals surface area contributed by atoms with Gasteiger partial charge in [0, 0.05) is 12.6 Å². The summed E-state index contributed by atoms with van der Waals surface area (Å²) in [7, 11) is 0. The summed E-state index contributed by atoms with van der Waals surface area (Å²) >= 11 is 1.04. The van der Waals surface area contributed by atoms with E-state index in [1.807, 2.05) is 27.7 Å². The quantitative estimate of drug-likeness (QED) is 0.524. The number of aromatic nitrogens is 4. The molecule has 154 valence electrons. The first-order valence-electron chi connectivity index (χ1n) is 9.15. The topological polar surface area (TPSA) is 60.8 Å². The number of halogens is 3. The van der Waals surface area contributed by atoms with Gasteiger partial charge in [-0.25, -0.2) is 9.97 Å². The Bertz CT molecular complexity index is 969. The van der Waals surface area contributed by atoms with Gasteiger partial charge in [-0.3, -0.25) is 4.98 Å². The van der Waals surface area contributed by atoms with Gasteiger partial charge in [-0.1, -0.05) is 13.8 Å². The van der Waals surface area contributed by atoms with E-state index in [2.05, 4.69) is 19.3 Å². The van der Waals surface area contributed by atoms with Crippen molar-refractivity contribution in [1.29, 1.82) is 0 Å². The van der Waals surface area contributed by atoms with Gasteiger partial charge in [-0.2, -0.15) is 17.5 Å². The summed E-state index contributed by atoms with van der Waals surface area (Å²) in [6.45, 7) is 7.49. The van der Waals surface area contributed by atoms with Gasteiger partial charge in [0.1, 0.15) is 16.5 Å². The van der Waals surface area contributed by atoms with E-state index in [-0.39, 0.29) is 24.1 Å². The van der Waals surface area contributed by atoms with Gasteiger partial charge in [0.25, 0.3) is 0 Å². The molecule has 0 bridgehead atoms. The van der Waals surface area contributed by atoms with Crippen molar-refractivity contribution < 1.29 is 17.9 Å². The van der Waals surface area contributed by atoms with Crippen molar-refractivity contribution in [3.05, 3.63) is 52.4 Å². The van der Waals surface area contributed by atoms with Gasteiger partial charge in [0.2, 0.25) is 0 Å². The van der Waals surface area contributed by atoms with Crippen LogP contribution in [0.2, 0.25) is 0 Å². The van der Waals surface area contributed by atoms with Gasteiger partial charge in [-0.05, 0) is 55.1 Å². The molecule has 0 fully saturated rings. The van der Waals surface area contributed by atoms with E-state index < -0.39 is 11.7 Å². The smallest absolute Gasteiger partial charge is 0.418 e. The van der Waals surface area contributed by atoms with E-state index in [1.165, 1.54) is 12.3 Å². The van der Waals surface area contributed by atoms with Crippen LogP contribution in [0.15, 0.2) is 30.6 Å². The molecule has 5 nitrogen and oxygen atoms in total. The van der Waals surface area contributed by atoms with Crippen molar-refractivity contribution in [2.45, 2.75) is 52.3 Å². The molecule has 0 aromatic carbocycles. The van der Waals surface area contributed by atoms with Crippen LogP contribution in [0.4, 0.5) is 13.2 Å². The first-order valence-corrected chi connectivity index (χ1v) is 9.92. The van der Waals surface area contributed by atoms with Gasteiger partial charge in [0.15, 0.2) is 5.82 Å². The third-order valence-electron chi connectivity index (χ3n) is 4.09. The van der Waals surface area contributed by atoms with E-state index in [4.69, 9.17) is 4.74 Å². The molecule has 0 radical (unpaired) electrons. The van der Waals surface area contributed by atoms with E-state index in [9.17, 15) is 13.2 Å². The minimum absolute atomic E-state index is 0.0315. The van der Waals surface area contributed by atoms with Crippen molar-refractivity contribution in [2.24, 2.45) is 0 Å². The number of pyridine rings is 2. The average molecular weight is 422 g/mol. The predicted molar refractivity (Wildman–Crippen MR) is 105 cm³/mol. The van der Waals surface area contributed by atoms with Crippen LogP contribution >= 0.6 is 11.5 Å². The first-order chi connectivity index (χ1) is 13.6. The maximum atomic E-state index is 13.5. The number of ether oxygens (including phenoxy) is 1. The maximum Gasteiger partial charge on any atom is 0.418 e. The lowest BCUT2D eigenvalue weighted by atomic mass is 10.0. The van der Waals surface area contributed by atoms with E-state index in [0.717, 1.165) is 11.5 Å². The summed E-state index contributed by atoms with van der Waals surface area (Å²) in [5.74, 6) is 0.955. The lowest BCUT2D eigenvalue weighted by Gasteiger charge is -2.14. The zero-order valence-electron chi connectivity index (χ0n) is 16.5. The second kappa shape index (κ2) is 8.44. The van der Waals surface area contributed by atoms with Crippen molar-refractivity contribution in [2.75, 3.05) is 0 Å². The van der Waals surface area contributed by atoms with Crippen LogP contribution < -0.4 is 4.74 Å². The molecule has 0 atom stereocenters. The fourth-order valence-electron chi connectivity index (χ4n) is 2.64. The average Bonchev–Trinajstić information content (AvgIpc) is 3.09. The Hall–Kier alpha value is -2.55. The molecule has 0 aliphatic rings. The van der Waals surface area contributed by atoms with Crippen LogP contribution in [-0.4, -0.2) is 25.4 Å². The van der Waals surface area contributed by atoms with Crippen LogP contribution in [0.5, 0.6) is 5.75 Å². The highest BCUT2D eigenvalue weighted by Crippen LogP contribution is 2.34. The standard InChI is InChI=1S/C20H21F3N4OS/c1-11(2)13-7-15(20(21,22)23)17(24-9-13)8-18-26-19(27-29-18)16-6-5-14(10-25-16)28-12(3)4/h5-7,9-12H,8H2,1-4H3. The number of nitrogens with zero attached hydrogens (tertiary/aromatic N) is 4. The molecule has 0 unspecified atom stereocenters. The molecule has 9 heteroatoms. The molecule has 3 aromatic rings. The van der Waals surface area contributed by atoms with Gasteiger partial charge < -0.3 is 4.74 Å². The fraction of sp³-hybridized carbons (Fsp3) is 0.400. The zero-order valence-corrected chi connectivity index (χ0v) is 17.3. The normalized spacial score (nSPS) is 12.0. The molecule has 3 heterocycles. The van der Waals surface area contributed by atoms with Gasteiger partial charge in [-0.15, -0.1) is 0 Å². The second-order valence-electron chi connectivity index (χ2n) is 7.15. The molecule has 3 aromatic heterocycles. The third-order valence-corrected chi connectivity index (χ3v) is 4.80. The second-order valence-corrected chi connectivity index (χ2v) is 7.99. The Morgan fingerprint density at radius 3 is 2.41 bits per heavy atom. The van der Waals surface area contributed by atoms with Crippen molar-refractivity contribution in [3.8, 4) is 17.3 Å². The Labute approximate surface area is 171 Å². The Morgan fingerprint density at radius 1 is 1.07 bits per heavy atom. The summed E-state index contributed by atoms with van der Waals surface area (Å²) in [5, 5.41) is 0.444. The molecule has 0 amide bonds. The maximum absolute atomic E-state index is 13.5. The fourth-order valence-corrected chi connectivity index (χ4v) is 3.29. The number of alkyl halides is 3. The highest BCUT2D eigenvalue weighted by Gasteiger charge is 2.35. The van der Waals surface area contributed by atoms with E-state index in [1.54, 1.807) is 18.3 Å². The molecule has 0 spiro atoms. The largest absolute Gasteiger partial charge is 0.489 e. The monoisotopic (exact) mass is 422 g/mol. The van der Waals surface area contributed by atoms with Crippen LogP contribution in [0, 0.1) is 0 Å². The Morgan fingerprint density at radius 2 is 1.83 bits per heavy atom. The lowest BCUT2D eigenvalue weighted by molar-refractivity contribution is -0.138. The third kappa shape index (κ3) is 5.29. The molecule has 29 heavy (non-hydrogen) atoms. The van der Waals surface area contributed by atoms with E-state index >= 15 is 0 Å². The van der Waals surface area contributed by atoms with Gasteiger partial charge in [0.05, 0.1) is 23.6 Å². The Kier molecular flexibility index (Phi) is 6.16. The predicted octanol–water partition coefficient (Wildman–Crippen LogP) is 5.52. The SMILES string of the molecule is CC(C)Oc1ccc(-c2nsc(Cc3ncc(C(C)C)cc3C(F)(F)F)n2)nc1.